The van der Waals surface area contributed by atoms with E-state index in [1.807, 2.05) is 37.3 Å². The minimum atomic E-state index is -3.81. The van der Waals surface area contributed by atoms with E-state index < -0.39 is 15.8 Å². The molecule has 0 unspecified atom stereocenters. The average Bonchev–Trinajstić information content (AvgIpc) is 2.67. The molecule has 0 saturated carbocycles. The van der Waals surface area contributed by atoms with Gasteiger partial charge in [0.15, 0.2) is 0 Å². The molecular weight excluding hydrogens is 363 g/mol. The van der Waals surface area contributed by atoms with Gasteiger partial charge in [0.05, 0.1) is 11.4 Å². The number of rotatable bonds is 5. The van der Waals surface area contributed by atoms with Crippen LogP contribution >= 0.6 is 0 Å². The third-order valence-electron chi connectivity index (χ3n) is 3.94. The first-order valence-electron chi connectivity index (χ1n) is 8.38. The second kappa shape index (κ2) is 8.14. The van der Waals surface area contributed by atoms with E-state index >= 15 is 0 Å². The standard InChI is InChI=1S/C21H19FN2O2S/c1-16-7-13-20(14-8-16)27(25,26)24-21(18-9-11-19(22)12-10-18)23-15-17-5-3-2-4-6-17/h2-14H,15H2,1H3,(H,23,24). The molecule has 0 spiro atoms. The molecule has 0 atom stereocenters. The van der Waals surface area contributed by atoms with Crippen LogP contribution in [0.5, 0.6) is 0 Å². The highest BCUT2D eigenvalue weighted by molar-refractivity contribution is 7.90. The summed E-state index contributed by atoms with van der Waals surface area (Å²) in [4.78, 5) is 4.57. The topological polar surface area (TPSA) is 58.5 Å². The van der Waals surface area contributed by atoms with Gasteiger partial charge in [0, 0.05) is 5.56 Å². The number of nitrogens with one attached hydrogen (secondary N) is 1. The molecule has 0 amide bonds. The number of amidine groups is 1. The Morgan fingerprint density at radius 2 is 1.56 bits per heavy atom. The first-order valence-corrected chi connectivity index (χ1v) is 9.86. The minimum absolute atomic E-state index is 0.141. The Labute approximate surface area is 158 Å². The smallest absolute Gasteiger partial charge is 0.263 e. The fraction of sp³-hybridized carbons (Fsp3) is 0.0952. The Hall–Kier alpha value is -2.99. The predicted octanol–water partition coefficient (Wildman–Crippen LogP) is 4.06. The van der Waals surface area contributed by atoms with Crippen LogP contribution in [0.4, 0.5) is 4.39 Å². The van der Waals surface area contributed by atoms with Crippen LogP contribution in [0.1, 0.15) is 16.7 Å². The Balaban J connectivity index is 1.93. The molecule has 0 aliphatic carbocycles. The molecule has 0 heterocycles. The summed E-state index contributed by atoms with van der Waals surface area (Å²) >= 11 is 0. The molecule has 138 valence electrons. The molecular formula is C21H19FN2O2S. The third kappa shape index (κ3) is 5.01. The molecule has 0 fully saturated rings. The summed E-state index contributed by atoms with van der Waals surface area (Å²) in [7, 11) is -3.81. The summed E-state index contributed by atoms with van der Waals surface area (Å²) in [5.74, 6) is -0.234. The summed E-state index contributed by atoms with van der Waals surface area (Å²) in [6, 6.07) is 21.6. The number of hydrogen-bond acceptors (Lipinski definition) is 3. The van der Waals surface area contributed by atoms with Gasteiger partial charge in [-0.25, -0.2) is 12.8 Å². The van der Waals surface area contributed by atoms with E-state index in [-0.39, 0.29) is 10.7 Å². The van der Waals surface area contributed by atoms with Crippen LogP contribution in [0.25, 0.3) is 0 Å². The predicted molar refractivity (Wildman–Crippen MR) is 105 cm³/mol. The molecule has 0 aromatic heterocycles. The minimum Gasteiger partial charge on any atom is -0.263 e. The van der Waals surface area contributed by atoms with Gasteiger partial charge >= 0.3 is 0 Å². The summed E-state index contributed by atoms with van der Waals surface area (Å²) < 4.78 is 41.3. The molecule has 3 rings (SSSR count). The highest BCUT2D eigenvalue weighted by Crippen LogP contribution is 2.13. The first-order chi connectivity index (χ1) is 12.9. The van der Waals surface area contributed by atoms with E-state index in [4.69, 9.17) is 0 Å². The number of aryl methyl sites for hydroxylation is 1. The Kier molecular flexibility index (Phi) is 5.66. The third-order valence-corrected chi connectivity index (χ3v) is 5.30. The van der Waals surface area contributed by atoms with Crippen molar-refractivity contribution in [1.82, 2.24) is 4.72 Å². The Bertz CT molecular complexity index is 1030. The number of nitrogens with zero attached hydrogens (tertiary/aromatic N) is 1. The van der Waals surface area contributed by atoms with Crippen molar-refractivity contribution in [2.75, 3.05) is 0 Å². The normalized spacial score (nSPS) is 12.0. The van der Waals surface area contributed by atoms with Crippen molar-refractivity contribution in [3.05, 3.63) is 101 Å². The van der Waals surface area contributed by atoms with Gasteiger partial charge in [-0.15, -0.1) is 0 Å². The zero-order valence-corrected chi connectivity index (χ0v) is 15.6. The van der Waals surface area contributed by atoms with Gasteiger partial charge in [0.2, 0.25) is 0 Å². The summed E-state index contributed by atoms with van der Waals surface area (Å²) in [5, 5.41) is 0. The van der Waals surface area contributed by atoms with Gasteiger partial charge in [-0.3, -0.25) is 9.71 Å². The van der Waals surface area contributed by atoms with E-state index in [0.717, 1.165) is 11.1 Å². The molecule has 0 aliphatic rings. The Morgan fingerprint density at radius 1 is 0.926 bits per heavy atom. The van der Waals surface area contributed by atoms with E-state index in [9.17, 15) is 12.8 Å². The molecule has 1 N–H and O–H groups in total. The highest BCUT2D eigenvalue weighted by Gasteiger charge is 2.17. The maximum absolute atomic E-state index is 13.3. The molecule has 3 aromatic carbocycles. The second-order valence-corrected chi connectivity index (χ2v) is 7.76. The van der Waals surface area contributed by atoms with E-state index in [0.29, 0.717) is 12.1 Å². The van der Waals surface area contributed by atoms with E-state index in [1.165, 1.54) is 36.4 Å². The quantitative estimate of drug-likeness (QED) is 0.534. The Morgan fingerprint density at radius 3 is 2.19 bits per heavy atom. The lowest BCUT2D eigenvalue weighted by molar-refractivity contribution is 0.592. The molecule has 6 heteroatoms. The number of halogens is 1. The van der Waals surface area contributed by atoms with Crippen LogP contribution in [0.15, 0.2) is 88.8 Å². The van der Waals surface area contributed by atoms with Gasteiger partial charge in [0.25, 0.3) is 10.0 Å². The van der Waals surface area contributed by atoms with Gasteiger partial charge in [-0.05, 0) is 48.9 Å². The van der Waals surface area contributed by atoms with Gasteiger partial charge in [0.1, 0.15) is 11.7 Å². The first kappa shape index (κ1) is 18.8. The van der Waals surface area contributed by atoms with Gasteiger partial charge < -0.3 is 0 Å². The maximum Gasteiger partial charge on any atom is 0.263 e. The van der Waals surface area contributed by atoms with Crippen LogP contribution in [0.3, 0.4) is 0 Å². The number of sulfonamides is 1. The van der Waals surface area contributed by atoms with Crippen LogP contribution < -0.4 is 4.72 Å². The fourth-order valence-electron chi connectivity index (χ4n) is 2.45. The molecule has 4 nitrogen and oxygen atoms in total. The van der Waals surface area contributed by atoms with Crippen LogP contribution in [0.2, 0.25) is 0 Å². The summed E-state index contributed by atoms with van der Waals surface area (Å²) in [5.41, 5.74) is 2.39. The number of aliphatic imine (C=N–C) groups is 1. The zero-order chi connectivity index (χ0) is 19.3. The molecule has 0 radical (unpaired) electrons. The van der Waals surface area contributed by atoms with Crippen molar-refractivity contribution in [2.24, 2.45) is 4.99 Å². The molecule has 0 aliphatic heterocycles. The molecule has 3 aromatic rings. The lowest BCUT2D eigenvalue weighted by Gasteiger charge is -2.12. The molecule has 0 bridgehead atoms. The average molecular weight is 382 g/mol. The highest BCUT2D eigenvalue weighted by atomic mass is 32.2. The lowest BCUT2D eigenvalue weighted by atomic mass is 10.2. The second-order valence-electron chi connectivity index (χ2n) is 6.08. The van der Waals surface area contributed by atoms with Crippen LogP contribution in [0, 0.1) is 12.7 Å². The van der Waals surface area contributed by atoms with Crippen LogP contribution in [-0.2, 0) is 16.6 Å². The maximum atomic E-state index is 13.3. The largest absolute Gasteiger partial charge is 0.263 e. The summed E-state index contributed by atoms with van der Waals surface area (Å²) in [6.07, 6.45) is 0. The summed E-state index contributed by atoms with van der Waals surface area (Å²) in [6.45, 7) is 2.18. The SMILES string of the molecule is Cc1ccc(S(=O)(=O)NC(=NCc2ccccc2)c2ccc(F)cc2)cc1. The van der Waals surface area contributed by atoms with E-state index in [2.05, 4.69) is 9.71 Å². The van der Waals surface area contributed by atoms with Crippen molar-refractivity contribution < 1.29 is 12.8 Å². The van der Waals surface area contributed by atoms with Crippen molar-refractivity contribution in [2.45, 2.75) is 18.4 Å². The number of hydrogen-bond donors (Lipinski definition) is 1. The lowest BCUT2D eigenvalue weighted by Crippen LogP contribution is -2.31. The van der Waals surface area contributed by atoms with Gasteiger partial charge in [-0.1, -0.05) is 48.0 Å². The number of benzene rings is 3. The molecule has 27 heavy (non-hydrogen) atoms. The van der Waals surface area contributed by atoms with Crippen molar-refractivity contribution >= 4 is 15.9 Å². The van der Waals surface area contributed by atoms with Gasteiger partial charge in [-0.2, -0.15) is 0 Å². The molecule has 0 saturated heterocycles. The fourth-order valence-corrected chi connectivity index (χ4v) is 3.50. The van der Waals surface area contributed by atoms with Crippen molar-refractivity contribution in [3.8, 4) is 0 Å². The van der Waals surface area contributed by atoms with E-state index in [1.54, 1.807) is 12.1 Å². The van der Waals surface area contributed by atoms with Crippen molar-refractivity contribution in [3.63, 3.8) is 0 Å². The monoisotopic (exact) mass is 382 g/mol. The zero-order valence-electron chi connectivity index (χ0n) is 14.8. The van der Waals surface area contributed by atoms with Crippen molar-refractivity contribution in [1.29, 1.82) is 0 Å². The van der Waals surface area contributed by atoms with Crippen LogP contribution in [-0.4, -0.2) is 14.3 Å².